The Morgan fingerprint density at radius 1 is 0.667 bits per heavy atom. The third-order valence-corrected chi connectivity index (χ3v) is 5.97. The molecule has 0 aromatic heterocycles. The molecule has 30 heavy (non-hydrogen) atoms. The van der Waals surface area contributed by atoms with E-state index in [1.165, 1.54) is 0 Å². The van der Waals surface area contributed by atoms with Crippen molar-refractivity contribution in [2.24, 2.45) is 5.41 Å². The Bertz CT molecular complexity index is 872. The van der Waals surface area contributed by atoms with Crippen LogP contribution in [0.2, 0.25) is 0 Å². The minimum Gasteiger partial charge on any atom is -0.497 e. The van der Waals surface area contributed by atoms with Crippen molar-refractivity contribution in [2.75, 3.05) is 34.5 Å². The van der Waals surface area contributed by atoms with E-state index < -0.39 is 10.8 Å². The maximum Gasteiger partial charge on any atom is 0.118 e. The molecule has 1 N–H and O–H groups in total. The lowest BCUT2D eigenvalue weighted by atomic mass is 9.54. The van der Waals surface area contributed by atoms with Crippen molar-refractivity contribution in [3.8, 4) is 11.5 Å². The van der Waals surface area contributed by atoms with Gasteiger partial charge in [0, 0.05) is 12.5 Å². The first-order valence-electron chi connectivity index (χ1n) is 10.00. The first kappa shape index (κ1) is 21.9. The van der Waals surface area contributed by atoms with Crippen molar-refractivity contribution >= 4 is 0 Å². The molecule has 0 fully saturated rings. The quantitative estimate of drug-likeness (QED) is 0.524. The minimum atomic E-state index is -0.669. The molecule has 0 saturated heterocycles. The van der Waals surface area contributed by atoms with Gasteiger partial charge in [-0.05, 0) is 41.0 Å². The Labute approximate surface area is 179 Å². The highest BCUT2D eigenvalue weighted by Gasteiger charge is 2.51. The van der Waals surface area contributed by atoms with Gasteiger partial charge in [-0.1, -0.05) is 61.5 Å². The molecule has 3 aromatic carbocycles. The minimum absolute atomic E-state index is 0.0617. The Morgan fingerprint density at radius 3 is 1.47 bits per heavy atom. The highest BCUT2D eigenvalue weighted by atomic mass is 16.5. The topological polar surface area (TPSA) is 47.9 Å². The summed E-state index contributed by atoms with van der Waals surface area (Å²) < 4.78 is 16.4. The van der Waals surface area contributed by atoms with Crippen molar-refractivity contribution in [3.63, 3.8) is 0 Å². The van der Waals surface area contributed by atoms with Crippen LogP contribution in [0.4, 0.5) is 0 Å². The predicted molar refractivity (Wildman–Crippen MR) is 119 cm³/mol. The third kappa shape index (κ3) is 3.69. The Kier molecular flexibility index (Phi) is 6.80. The first-order chi connectivity index (χ1) is 14.6. The fourth-order valence-corrected chi connectivity index (χ4v) is 4.51. The molecular formula is C26H30O4. The van der Waals surface area contributed by atoms with Gasteiger partial charge in [0.2, 0.25) is 0 Å². The average Bonchev–Trinajstić information content (AvgIpc) is 2.81. The molecule has 0 amide bonds. The van der Waals surface area contributed by atoms with Crippen LogP contribution in [0.3, 0.4) is 0 Å². The second-order valence-corrected chi connectivity index (χ2v) is 7.72. The van der Waals surface area contributed by atoms with Crippen LogP contribution in [0.15, 0.2) is 78.9 Å². The summed E-state index contributed by atoms with van der Waals surface area (Å²) in [5, 5.41) is 10.7. The fraction of sp³-hybridized carbons (Fsp3) is 0.308. The zero-order valence-electron chi connectivity index (χ0n) is 18.1. The first-order valence-corrected chi connectivity index (χ1v) is 10.00. The van der Waals surface area contributed by atoms with E-state index >= 15 is 0 Å². The van der Waals surface area contributed by atoms with Gasteiger partial charge in [-0.25, -0.2) is 0 Å². The molecular weight excluding hydrogens is 376 g/mol. The van der Waals surface area contributed by atoms with Crippen molar-refractivity contribution < 1.29 is 19.3 Å². The molecule has 4 nitrogen and oxygen atoms in total. The number of rotatable bonds is 9. The van der Waals surface area contributed by atoms with Gasteiger partial charge in [0.05, 0.1) is 32.8 Å². The molecule has 1 atom stereocenters. The molecule has 3 rings (SSSR count). The molecule has 0 saturated carbocycles. The van der Waals surface area contributed by atoms with Gasteiger partial charge in [-0.2, -0.15) is 0 Å². The second-order valence-electron chi connectivity index (χ2n) is 7.72. The van der Waals surface area contributed by atoms with Gasteiger partial charge in [0.25, 0.3) is 0 Å². The number of aliphatic hydroxyl groups is 1. The Balaban J connectivity index is 2.40. The highest BCUT2D eigenvalue weighted by molar-refractivity contribution is 5.54. The summed E-state index contributed by atoms with van der Waals surface area (Å²) in [6, 6.07) is 26.4. The predicted octanol–water partition coefficient (Wildman–Crippen LogP) is 4.68. The van der Waals surface area contributed by atoms with Gasteiger partial charge in [0.15, 0.2) is 0 Å². The molecule has 0 heterocycles. The highest BCUT2D eigenvalue weighted by Crippen LogP contribution is 2.52. The van der Waals surface area contributed by atoms with Gasteiger partial charge >= 0.3 is 0 Å². The number of aliphatic hydroxyl groups excluding tert-OH is 1. The van der Waals surface area contributed by atoms with E-state index in [1.807, 2.05) is 42.5 Å². The summed E-state index contributed by atoms with van der Waals surface area (Å²) in [7, 11) is 4.99. The molecule has 0 radical (unpaired) electrons. The summed E-state index contributed by atoms with van der Waals surface area (Å²) in [5.41, 5.74) is 1.86. The smallest absolute Gasteiger partial charge is 0.118 e. The summed E-state index contributed by atoms with van der Waals surface area (Å²) in [4.78, 5) is 0. The number of methoxy groups -OCH3 is 3. The van der Waals surface area contributed by atoms with Crippen LogP contribution in [0.25, 0.3) is 0 Å². The molecule has 1 unspecified atom stereocenters. The Hall–Kier alpha value is -2.82. The van der Waals surface area contributed by atoms with E-state index in [-0.39, 0.29) is 6.61 Å². The van der Waals surface area contributed by atoms with E-state index in [0.717, 1.165) is 28.2 Å². The van der Waals surface area contributed by atoms with Crippen molar-refractivity contribution in [2.45, 2.75) is 12.3 Å². The SMILES string of the molecule is COCC(C)(CO)C(c1ccccc1)(c1ccc(OC)cc1)c1ccc(OC)cc1. The average molecular weight is 407 g/mol. The van der Waals surface area contributed by atoms with E-state index in [0.29, 0.717) is 6.61 Å². The monoisotopic (exact) mass is 406 g/mol. The third-order valence-electron chi connectivity index (χ3n) is 5.97. The van der Waals surface area contributed by atoms with Crippen LogP contribution in [0.1, 0.15) is 23.6 Å². The number of hydrogen-bond acceptors (Lipinski definition) is 4. The van der Waals surface area contributed by atoms with Crippen molar-refractivity contribution in [1.82, 2.24) is 0 Å². The van der Waals surface area contributed by atoms with E-state index in [4.69, 9.17) is 14.2 Å². The Morgan fingerprint density at radius 2 is 1.10 bits per heavy atom. The van der Waals surface area contributed by atoms with Crippen LogP contribution in [-0.4, -0.2) is 39.6 Å². The van der Waals surface area contributed by atoms with Crippen LogP contribution >= 0.6 is 0 Å². The van der Waals surface area contributed by atoms with Gasteiger partial charge in [-0.3, -0.25) is 0 Å². The number of ether oxygens (including phenoxy) is 3. The van der Waals surface area contributed by atoms with Gasteiger partial charge in [-0.15, -0.1) is 0 Å². The van der Waals surface area contributed by atoms with Crippen LogP contribution in [0, 0.1) is 5.41 Å². The van der Waals surface area contributed by atoms with Crippen molar-refractivity contribution in [3.05, 3.63) is 95.6 Å². The van der Waals surface area contributed by atoms with E-state index in [2.05, 4.69) is 43.3 Å². The molecule has 0 aliphatic rings. The maximum atomic E-state index is 10.7. The second kappa shape index (κ2) is 9.33. The standard InChI is InChI=1S/C26H30O4/c1-25(18-27,19-28-2)26(20-8-6-5-7-9-20,21-10-14-23(29-3)15-11-21)22-12-16-24(30-4)17-13-22/h5-17,27H,18-19H2,1-4H3. The summed E-state index contributed by atoms with van der Waals surface area (Å²) in [6.45, 7) is 2.38. The summed E-state index contributed by atoms with van der Waals surface area (Å²) >= 11 is 0. The number of benzene rings is 3. The lowest BCUT2D eigenvalue weighted by Crippen LogP contribution is -2.51. The zero-order chi connectivity index (χ0) is 21.6. The van der Waals surface area contributed by atoms with E-state index in [9.17, 15) is 5.11 Å². The number of hydrogen-bond donors (Lipinski definition) is 1. The largest absolute Gasteiger partial charge is 0.497 e. The summed E-state index contributed by atoms with van der Waals surface area (Å²) in [6.07, 6.45) is 0. The molecule has 158 valence electrons. The lowest BCUT2D eigenvalue weighted by molar-refractivity contribution is 0.00738. The van der Waals surface area contributed by atoms with Crippen LogP contribution < -0.4 is 9.47 Å². The normalized spacial score (nSPS) is 13.5. The van der Waals surface area contributed by atoms with Gasteiger partial charge in [0.1, 0.15) is 11.5 Å². The fourth-order valence-electron chi connectivity index (χ4n) is 4.51. The van der Waals surface area contributed by atoms with E-state index in [1.54, 1.807) is 21.3 Å². The molecule has 0 bridgehead atoms. The van der Waals surface area contributed by atoms with Gasteiger partial charge < -0.3 is 19.3 Å². The zero-order valence-corrected chi connectivity index (χ0v) is 18.1. The van der Waals surface area contributed by atoms with Crippen LogP contribution in [-0.2, 0) is 10.2 Å². The molecule has 0 aliphatic heterocycles. The molecule has 3 aromatic rings. The summed E-state index contributed by atoms with van der Waals surface area (Å²) in [5.74, 6) is 1.57. The maximum absolute atomic E-state index is 10.7. The van der Waals surface area contributed by atoms with Crippen LogP contribution in [0.5, 0.6) is 11.5 Å². The molecule has 4 heteroatoms. The molecule has 0 spiro atoms. The lowest BCUT2D eigenvalue weighted by Gasteiger charge is -2.49. The van der Waals surface area contributed by atoms with Crippen molar-refractivity contribution in [1.29, 1.82) is 0 Å². The molecule has 0 aliphatic carbocycles.